The van der Waals surface area contributed by atoms with Crippen LogP contribution in [-0.4, -0.2) is 6.47 Å². The van der Waals surface area contributed by atoms with Gasteiger partial charge in [-0.3, -0.25) is 0 Å². The predicted octanol–water partition coefficient (Wildman–Crippen LogP) is 0.994. The Hall–Kier alpha value is -0.790. The summed E-state index contributed by atoms with van der Waals surface area (Å²) in [5.74, 6) is 0.579. The second-order valence-electron chi connectivity index (χ2n) is 1.08. The van der Waals surface area contributed by atoms with Gasteiger partial charge < -0.3 is 4.74 Å². The molecule has 0 aliphatic carbocycles. The second-order valence-corrected chi connectivity index (χ2v) is 1.08. The van der Waals surface area contributed by atoms with Crippen LogP contribution >= 0.6 is 0 Å². The Morgan fingerprint density at radius 3 is 2.57 bits per heavy atom. The summed E-state index contributed by atoms with van der Waals surface area (Å²) in [6.45, 7) is 4.77. The van der Waals surface area contributed by atoms with Crippen LogP contribution in [0.5, 0.6) is 0 Å². The minimum absolute atomic E-state index is 0.579. The molecule has 0 heterocycles. The molecule has 39 valence electrons. The highest BCUT2D eigenvalue weighted by Gasteiger charge is 1.80. The van der Waals surface area contributed by atoms with Crippen LogP contribution in [0.1, 0.15) is 13.8 Å². The highest BCUT2D eigenvalue weighted by atomic mass is 16.5. The molecule has 0 rings (SSSR count). The molecule has 0 spiro atoms. The van der Waals surface area contributed by atoms with Gasteiger partial charge in [0.15, 0.2) is 0 Å². The quantitative estimate of drug-likeness (QED) is 0.482. The van der Waals surface area contributed by atoms with Gasteiger partial charge in [-0.2, -0.15) is 0 Å². The van der Waals surface area contributed by atoms with E-state index >= 15 is 0 Å². The molecule has 2 nitrogen and oxygen atoms in total. The van der Waals surface area contributed by atoms with Crippen molar-refractivity contribution in [2.24, 2.45) is 0 Å². The van der Waals surface area contributed by atoms with E-state index in [4.69, 9.17) is 0 Å². The molecule has 0 fully saturated rings. The van der Waals surface area contributed by atoms with Crippen molar-refractivity contribution in [2.45, 2.75) is 13.8 Å². The van der Waals surface area contributed by atoms with E-state index in [0.717, 1.165) is 0 Å². The molecule has 2 heteroatoms. The summed E-state index contributed by atoms with van der Waals surface area (Å²) >= 11 is 0. The average molecular weight is 99.1 g/mol. The van der Waals surface area contributed by atoms with Gasteiger partial charge in [0.05, 0.1) is 0 Å². The fourth-order valence-electron chi connectivity index (χ4n) is 0.125. The molecule has 0 aromatic rings. The van der Waals surface area contributed by atoms with Gasteiger partial charge in [-0.15, -0.1) is 0 Å². The maximum Gasteiger partial charge on any atom is 0.422 e. The minimum atomic E-state index is 0.579. The van der Waals surface area contributed by atoms with Gasteiger partial charge >= 0.3 is 6.47 Å². The Morgan fingerprint density at radius 2 is 2.43 bits per heavy atom. The SMILES string of the molecule is CC=C(C)O[C]=O. The second kappa shape index (κ2) is 3.40. The van der Waals surface area contributed by atoms with E-state index in [0.29, 0.717) is 5.76 Å². The Kier molecular flexibility index (Phi) is 3.02. The van der Waals surface area contributed by atoms with Crippen LogP contribution < -0.4 is 0 Å². The molecule has 0 N–H and O–H groups in total. The lowest BCUT2D eigenvalue weighted by molar-refractivity contribution is 0.363. The zero-order valence-electron chi connectivity index (χ0n) is 4.39. The molecule has 0 aliphatic rings. The molecular formula is C5H7O2. The summed E-state index contributed by atoms with van der Waals surface area (Å²) in [6, 6.07) is 0. The number of rotatable bonds is 2. The Balaban J connectivity index is 3.36. The first kappa shape index (κ1) is 6.21. The van der Waals surface area contributed by atoms with Crippen molar-refractivity contribution in [3.05, 3.63) is 11.8 Å². The molecule has 0 saturated heterocycles. The van der Waals surface area contributed by atoms with Gasteiger partial charge in [0.1, 0.15) is 5.76 Å². The van der Waals surface area contributed by atoms with E-state index in [2.05, 4.69) is 4.74 Å². The number of allylic oxidation sites excluding steroid dienone is 2. The summed E-state index contributed by atoms with van der Waals surface area (Å²) in [6.07, 6.45) is 1.69. The molecule has 7 heavy (non-hydrogen) atoms. The van der Waals surface area contributed by atoms with Gasteiger partial charge in [-0.05, 0) is 19.9 Å². The third-order valence-corrected chi connectivity index (χ3v) is 0.609. The Morgan fingerprint density at radius 1 is 1.86 bits per heavy atom. The van der Waals surface area contributed by atoms with E-state index < -0.39 is 0 Å². The fourth-order valence-corrected chi connectivity index (χ4v) is 0.125. The molecule has 0 unspecified atom stereocenters. The molecular weight excluding hydrogens is 92.1 g/mol. The molecule has 0 aliphatic heterocycles. The van der Waals surface area contributed by atoms with E-state index in [9.17, 15) is 4.79 Å². The van der Waals surface area contributed by atoms with E-state index in [1.54, 1.807) is 19.9 Å². The van der Waals surface area contributed by atoms with Crippen molar-refractivity contribution in [3.63, 3.8) is 0 Å². The standard InChI is InChI=1S/C5H7O2/c1-3-5(2)7-4-6/h3H,1-2H3. The number of ether oxygens (including phenoxy) is 1. The van der Waals surface area contributed by atoms with Crippen molar-refractivity contribution in [1.82, 2.24) is 0 Å². The lowest BCUT2D eigenvalue weighted by Crippen LogP contribution is -1.80. The fraction of sp³-hybridized carbons (Fsp3) is 0.400. The van der Waals surface area contributed by atoms with Gasteiger partial charge in [-0.1, -0.05) is 0 Å². The normalized spacial score (nSPS) is 10.9. The first-order chi connectivity index (χ1) is 3.31. The van der Waals surface area contributed by atoms with Crippen LogP contribution in [0.2, 0.25) is 0 Å². The summed E-state index contributed by atoms with van der Waals surface area (Å²) in [4.78, 5) is 9.39. The van der Waals surface area contributed by atoms with Gasteiger partial charge in [-0.25, -0.2) is 4.79 Å². The minimum Gasteiger partial charge on any atom is -0.423 e. The third-order valence-electron chi connectivity index (χ3n) is 0.609. The van der Waals surface area contributed by atoms with Crippen LogP contribution in [0.4, 0.5) is 0 Å². The number of hydrogen-bond acceptors (Lipinski definition) is 2. The van der Waals surface area contributed by atoms with E-state index in [1.165, 1.54) is 6.47 Å². The largest absolute Gasteiger partial charge is 0.423 e. The molecule has 0 aromatic carbocycles. The van der Waals surface area contributed by atoms with Crippen LogP contribution in [0.3, 0.4) is 0 Å². The summed E-state index contributed by atoms with van der Waals surface area (Å²) < 4.78 is 4.25. The lowest BCUT2D eigenvalue weighted by atomic mass is 10.5. The summed E-state index contributed by atoms with van der Waals surface area (Å²) in [7, 11) is 0. The predicted molar refractivity (Wildman–Crippen MR) is 26.2 cm³/mol. The Bertz CT molecular complexity index is 84.1. The third kappa shape index (κ3) is 3.03. The van der Waals surface area contributed by atoms with Crippen molar-refractivity contribution in [3.8, 4) is 0 Å². The Labute approximate surface area is 42.8 Å². The van der Waals surface area contributed by atoms with Crippen molar-refractivity contribution in [1.29, 1.82) is 0 Å². The average Bonchev–Trinajstić information content (AvgIpc) is 1.68. The first-order valence-electron chi connectivity index (χ1n) is 1.98. The smallest absolute Gasteiger partial charge is 0.422 e. The molecule has 0 aromatic heterocycles. The van der Waals surface area contributed by atoms with Crippen LogP contribution in [0.15, 0.2) is 11.8 Å². The van der Waals surface area contributed by atoms with E-state index in [-0.39, 0.29) is 0 Å². The zero-order valence-corrected chi connectivity index (χ0v) is 4.39. The topological polar surface area (TPSA) is 26.3 Å². The van der Waals surface area contributed by atoms with Crippen LogP contribution in [0.25, 0.3) is 0 Å². The molecule has 1 radical (unpaired) electrons. The maximum atomic E-state index is 9.39. The van der Waals surface area contributed by atoms with Crippen LogP contribution in [-0.2, 0) is 9.53 Å². The number of hydrogen-bond donors (Lipinski definition) is 0. The highest BCUT2D eigenvalue weighted by Crippen LogP contribution is 1.88. The molecule has 0 amide bonds. The van der Waals surface area contributed by atoms with Gasteiger partial charge in [0.2, 0.25) is 0 Å². The zero-order chi connectivity index (χ0) is 5.70. The van der Waals surface area contributed by atoms with Crippen LogP contribution in [0, 0.1) is 0 Å². The first-order valence-corrected chi connectivity index (χ1v) is 1.98. The maximum absolute atomic E-state index is 9.39. The molecule has 0 bridgehead atoms. The van der Waals surface area contributed by atoms with Gasteiger partial charge in [0, 0.05) is 0 Å². The van der Waals surface area contributed by atoms with Crippen molar-refractivity contribution in [2.75, 3.05) is 0 Å². The monoisotopic (exact) mass is 99.0 g/mol. The van der Waals surface area contributed by atoms with Crippen molar-refractivity contribution >= 4 is 6.47 Å². The van der Waals surface area contributed by atoms with E-state index in [1.807, 2.05) is 0 Å². The van der Waals surface area contributed by atoms with Crippen molar-refractivity contribution < 1.29 is 9.53 Å². The highest BCUT2D eigenvalue weighted by molar-refractivity contribution is 5.40. The number of carbonyl (C=O) groups excluding carboxylic acids is 1. The molecule has 0 atom stereocenters. The lowest BCUT2D eigenvalue weighted by Gasteiger charge is -1.87. The summed E-state index contributed by atoms with van der Waals surface area (Å²) in [5.41, 5.74) is 0. The summed E-state index contributed by atoms with van der Waals surface area (Å²) in [5, 5.41) is 0. The molecule has 0 saturated carbocycles. The van der Waals surface area contributed by atoms with Gasteiger partial charge in [0.25, 0.3) is 0 Å².